The van der Waals surface area contributed by atoms with Crippen molar-refractivity contribution in [2.24, 2.45) is 0 Å². The summed E-state index contributed by atoms with van der Waals surface area (Å²) in [7, 11) is 0. The van der Waals surface area contributed by atoms with Crippen molar-refractivity contribution >= 4 is 11.9 Å². The lowest BCUT2D eigenvalue weighted by Crippen LogP contribution is -2.36. The number of carbonyl (C=O) groups is 2. The molecule has 1 atom stereocenters. The van der Waals surface area contributed by atoms with Crippen molar-refractivity contribution in [1.29, 1.82) is 0 Å². The van der Waals surface area contributed by atoms with Crippen molar-refractivity contribution in [1.82, 2.24) is 5.32 Å². The van der Waals surface area contributed by atoms with Crippen LogP contribution in [0, 0.1) is 0 Å². The van der Waals surface area contributed by atoms with Gasteiger partial charge in [-0.2, -0.15) is 0 Å². The molecule has 0 aliphatic carbocycles. The molecule has 1 heterocycles. The first-order valence-electron chi connectivity index (χ1n) is 7.62. The second-order valence-corrected chi connectivity index (χ2v) is 5.13. The SMILES string of the molecule is CCOC(=O)COc1cccc([C@H]2NC(=O)c3ccccc3O2)c1. The number of hydrogen-bond acceptors (Lipinski definition) is 5. The zero-order chi connectivity index (χ0) is 16.9. The number of rotatable bonds is 5. The summed E-state index contributed by atoms with van der Waals surface area (Å²) in [4.78, 5) is 23.5. The van der Waals surface area contributed by atoms with Crippen LogP contribution in [0.2, 0.25) is 0 Å². The monoisotopic (exact) mass is 327 g/mol. The largest absolute Gasteiger partial charge is 0.482 e. The van der Waals surface area contributed by atoms with Crippen LogP contribution in [0.15, 0.2) is 48.5 Å². The van der Waals surface area contributed by atoms with Gasteiger partial charge in [0.05, 0.1) is 12.2 Å². The van der Waals surface area contributed by atoms with E-state index < -0.39 is 12.2 Å². The maximum absolute atomic E-state index is 12.2. The van der Waals surface area contributed by atoms with E-state index in [1.807, 2.05) is 12.1 Å². The lowest BCUT2D eigenvalue weighted by molar-refractivity contribution is -0.145. The average molecular weight is 327 g/mol. The summed E-state index contributed by atoms with van der Waals surface area (Å²) >= 11 is 0. The van der Waals surface area contributed by atoms with Crippen molar-refractivity contribution < 1.29 is 23.8 Å². The van der Waals surface area contributed by atoms with Crippen LogP contribution in [0.25, 0.3) is 0 Å². The van der Waals surface area contributed by atoms with E-state index in [0.29, 0.717) is 23.7 Å². The van der Waals surface area contributed by atoms with E-state index in [9.17, 15) is 9.59 Å². The Hall–Kier alpha value is -3.02. The van der Waals surface area contributed by atoms with Gasteiger partial charge in [0.2, 0.25) is 0 Å². The minimum absolute atomic E-state index is 0.169. The van der Waals surface area contributed by atoms with Crippen molar-refractivity contribution in [2.75, 3.05) is 13.2 Å². The Bertz CT molecular complexity index is 759. The Morgan fingerprint density at radius 2 is 2.04 bits per heavy atom. The molecular weight excluding hydrogens is 310 g/mol. The van der Waals surface area contributed by atoms with Gasteiger partial charge in [0.1, 0.15) is 11.5 Å². The van der Waals surface area contributed by atoms with E-state index in [4.69, 9.17) is 14.2 Å². The standard InChI is InChI=1S/C18H17NO5/c1-2-22-16(20)11-23-13-7-5-6-12(10-13)18-19-17(21)14-8-3-4-9-15(14)24-18/h3-10,18H,2,11H2,1H3,(H,19,21)/t18-/m0/s1. The zero-order valence-electron chi connectivity index (χ0n) is 13.2. The molecule has 3 rings (SSSR count). The summed E-state index contributed by atoms with van der Waals surface area (Å²) in [6, 6.07) is 14.1. The van der Waals surface area contributed by atoms with Crippen molar-refractivity contribution in [3.05, 3.63) is 59.7 Å². The first-order chi connectivity index (χ1) is 11.7. The van der Waals surface area contributed by atoms with Gasteiger partial charge in [0.15, 0.2) is 12.8 Å². The molecule has 1 amide bonds. The molecule has 0 aromatic heterocycles. The summed E-state index contributed by atoms with van der Waals surface area (Å²) in [5.41, 5.74) is 1.22. The number of benzene rings is 2. The molecule has 1 aliphatic heterocycles. The lowest BCUT2D eigenvalue weighted by atomic mass is 10.1. The molecule has 124 valence electrons. The summed E-state index contributed by atoms with van der Waals surface area (Å²) in [5.74, 6) is 0.403. The average Bonchev–Trinajstić information content (AvgIpc) is 2.60. The molecule has 6 nitrogen and oxygen atoms in total. The van der Waals surface area contributed by atoms with Gasteiger partial charge in [-0.3, -0.25) is 4.79 Å². The van der Waals surface area contributed by atoms with Gasteiger partial charge >= 0.3 is 5.97 Å². The number of para-hydroxylation sites is 1. The van der Waals surface area contributed by atoms with E-state index in [1.165, 1.54) is 0 Å². The van der Waals surface area contributed by atoms with Crippen LogP contribution in [0.4, 0.5) is 0 Å². The summed E-state index contributed by atoms with van der Waals surface area (Å²) < 4.78 is 16.1. The molecule has 2 aromatic carbocycles. The molecule has 0 radical (unpaired) electrons. The third-order valence-electron chi connectivity index (χ3n) is 3.46. The molecule has 0 fully saturated rings. The Morgan fingerprint density at radius 3 is 2.88 bits per heavy atom. The predicted molar refractivity (Wildman–Crippen MR) is 85.8 cm³/mol. The fraction of sp³-hybridized carbons (Fsp3) is 0.222. The van der Waals surface area contributed by atoms with Gasteiger partial charge < -0.3 is 19.5 Å². The van der Waals surface area contributed by atoms with E-state index in [1.54, 1.807) is 43.3 Å². The highest BCUT2D eigenvalue weighted by Crippen LogP contribution is 2.30. The molecule has 0 unspecified atom stereocenters. The first-order valence-corrected chi connectivity index (χ1v) is 7.62. The minimum Gasteiger partial charge on any atom is -0.482 e. The number of carbonyl (C=O) groups excluding carboxylic acids is 2. The molecule has 2 aromatic rings. The number of ether oxygens (including phenoxy) is 3. The maximum atomic E-state index is 12.2. The molecule has 1 aliphatic rings. The number of fused-ring (bicyclic) bond motifs is 1. The smallest absolute Gasteiger partial charge is 0.344 e. The van der Waals surface area contributed by atoms with Crippen molar-refractivity contribution in [3.8, 4) is 11.5 Å². The van der Waals surface area contributed by atoms with Crippen molar-refractivity contribution in [2.45, 2.75) is 13.2 Å². The molecule has 0 spiro atoms. The third kappa shape index (κ3) is 3.48. The van der Waals surface area contributed by atoms with Gasteiger partial charge in [0.25, 0.3) is 5.91 Å². The highest BCUT2D eigenvalue weighted by atomic mass is 16.6. The van der Waals surface area contributed by atoms with Gasteiger partial charge in [-0.15, -0.1) is 0 Å². The highest BCUT2D eigenvalue weighted by Gasteiger charge is 2.26. The fourth-order valence-corrected chi connectivity index (χ4v) is 2.37. The van der Waals surface area contributed by atoms with Gasteiger partial charge in [-0.1, -0.05) is 24.3 Å². The normalized spacial score (nSPS) is 15.7. The zero-order valence-corrected chi connectivity index (χ0v) is 13.2. The number of esters is 1. The topological polar surface area (TPSA) is 73.9 Å². The molecular formula is C18H17NO5. The van der Waals surface area contributed by atoms with Crippen LogP contribution in [-0.4, -0.2) is 25.1 Å². The summed E-state index contributed by atoms with van der Waals surface area (Å²) in [5, 5.41) is 2.79. The molecule has 24 heavy (non-hydrogen) atoms. The van der Waals surface area contributed by atoms with E-state index in [0.717, 1.165) is 5.56 Å². The van der Waals surface area contributed by atoms with Gasteiger partial charge in [-0.05, 0) is 31.2 Å². The van der Waals surface area contributed by atoms with Crippen LogP contribution < -0.4 is 14.8 Å². The van der Waals surface area contributed by atoms with Crippen LogP contribution in [0.3, 0.4) is 0 Å². The number of hydrogen-bond donors (Lipinski definition) is 1. The maximum Gasteiger partial charge on any atom is 0.344 e. The molecule has 0 saturated heterocycles. The second kappa shape index (κ2) is 7.04. The fourth-order valence-electron chi connectivity index (χ4n) is 2.37. The van der Waals surface area contributed by atoms with Crippen LogP contribution >= 0.6 is 0 Å². The molecule has 0 saturated carbocycles. The van der Waals surface area contributed by atoms with Crippen LogP contribution in [0.5, 0.6) is 11.5 Å². The Kier molecular flexibility index (Phi) is 4.65. The quantitative estimate of drug-likeness (QED) is 0.854. The lowest BCUT2D eigenvalue weighted by Gasteiger charge is -2.27. The number of amides is 1. The highest BCUT2D eigenvalue weighted by molar-refractivity contribution is 5.97. The van der Waals surface area contributed by atoms with Crippen molar-refractivity contribution in [3.63, 3.8) is 0 Å². The van der Waals surface area contributed by atoms with Crippen LogP contribution in [0.1, 0.15) is 29.1 Å². The third-order valence-corrected chi connectivity index (χ3v) is 3.46. The Balaban J connectivity index is 1.73. The summed E-state index contributed by atoms with van der Waals surface area (Å²) in [6.45, 7) is 1.88. The molecule has 0 bridgehead atoms. The first kappa shape index (κ1) is 15.9. The Labute approximate surface area is 139 Å². The summed E-state index contributed by atoms with van der Waals surface area (Å²) in [6.07, 6.45) is -0.612. The Morgan fingerprint density at radius 1 is 1.21 bits per heavy atom. The van der Waals surface area contributed by atoms with E-state index in [2.05, 4.69) is 5.32 Å². The molecule has 6 heteroatoms. The number of nitrogens with one attached hydrogen (secondary N) is 1. The van der Waals surface area contributed by atoms with Gasteiger partial charge in [-0.25, -0.2) is 4.79 Å². The van der Waals surface area contributed by atoms with E-state index >= 15 is 0 Å². The predicted octanol–water partition coefficient (Wildman–Crippen LogP) is 2.45. The van der Waals surface area contributed by atoms with Gasteiger partial charge in [0, 0.05) is 5.56 Å². The van der Waals surface area contributed by atoms with Crippen LogP contribution in [-0.2, 0) is 9.53 Å². The second-order valence-electron chi connectivity index (χ2n) is 5.13. The minimum atomic E-state index is -0.612. The molecule has 1 N–H and O–H groups in total. The van der Waals surface area contributed by atoms with E-state index in [-0.39, 0.29) is 12.5 Å².